The highest BCUT2D eigenvalue weighted by Gasteiger charge is 2.24. The lowest BCUT2D eigenvalue weighted by Gasteiger charge is -2.33. The topological polar surface area (TPSA) is 91.3 Å². The number of nitrogen functional groups attached to an aromatic ring is 1. The fraction of sp³-hybridized carbons (Fsp3) is 0.350. The Morgan fingerprint density at radius 1 is 1.11 bits per heavy atom. The Bertz CT molecular complexity index is 907. The zero-order valence-corrected chi connectivity index (χ0v) is 15.9. The molecular formula is C20H24N6O2. The highest BCUT2D eigenvalue weighted by atomic mass is 16.5. The van der Waals surface area contributed by atoms with Crippen LogP contribution in [-0.2, 0) is 11.3 Å². The molecule has 8 heteroatoms. The van der Waals surface area contributed by atoms with Gasteiger partial charge in [0.1, 0.15) is 17.8 Å². The summed E-state index contributed by atoms with van der Waals surface area (Å²) in [5, 5.41) is 4.21. The Balaban J connectivity index is 1.38. The standard InChI is InChI=1S/C20H24N6O2/c1-27-17-6-3-2-5-15(17)13-28-16-7-11-25(12-8-16)19-18(21)20(23-14-22-19)26-10-4-9-24-26/h2-6,9-10,14,16H,7-8,11-13,21H2,1H3. The first-order chi connectivity index (χ1) is 13.8. The predicted octanol–water partition coefficient (Wildman–Crippen LogP) is 2.44. The Hall–Kier alpha value is -3.13. The maximum Gasteiger partial charge on any atom is 0.181 e. The van der Waals surface area contributed by atoms with E-state index >= 15 is 0 Å². The van der Waals surface area contributed by atoms with Crippen LogP contribution in [0.5, 0.6) is 5.75 Å². The molecule has 2 aromatic heterocycles. The van der Waals surface area contributed by atoms with Gasteiger partial charge in [-0.1, -0.05) is 18.2 Å². The van der Waals surface area contributed by atoms with Crippen LogP contribution >= 0.6 is 0 Å². The number of benzene rings is 1. The lowest BCUT2D eigenvalue weighted by Crippen LogP contribution is -2.38. The van der Waals surface area contributed by atoms with Gasteiger partial charge in [-0.15, -0.1) is 0 Å². The molecule has 0 aliphatic carbocycles. The number of nitrogens with zero attached hydrogens (tertiary/aromatic N) is 5. The third-order valence-corrected chi connectivity index (χ3v) is 4.97. The van der Waals surface area contributed by atoms with Gasteiger partial charge in [-0.2, -0.15) is 5.10 Å². The van der Waals surface area contributed by atoms with Crippen LogP contribution in [0.4, 0.5) is 11.5 Å². The Labute approximate surface area is 163 Å². The minimum Gasteiger partial charge on any atom is -0.496 e. The van der Waals surface area contributed by atoms with E-state index in [1.54, 1.807) is 18.0 Å². The van der Waals surface area contributed by atoms with Gasteiger partial charge in [-0.05, 0) is 25.0 Å². The highest BCUT2D eigenvalue weighted by molar-refractivity contribution is 5.70. The lowest BCUT2D eigenvalue weighted by molar-refractivity contribution is 0.0242. The smallest absolute Gasteiger partial charge is 0.181 e. The summed E-state index contributed by atoms with van der Waals surface area (Å²) >= 11 is 0. The van der Waals surface area contributed by atoms with E-state index in [9.17, 15) is 0 Å². The monoisotopic (exact) mass is 380 g/mol. The van der Waals surface area contributed by atoms with Gasteiger partial charge in [0.25, 0.3) is 0 Å². The Morgan fingerprint density at radius 3 is 2.64 bits per heavy atom. The molecule has 1 aliphatic rings. The van der Waals surface area contributed by atoms with Crippen LogP contribution in [-0.4, -0.2) is 46.1 Å². The van der Waals surface area contributed by atoms with E-state index in [0.29, 0.717) is 18.1 Å². The third kappa shape index (κ3) is 3.77. The molecule has 146 valence electrons. The maximum atomic E-state index is 6.33. The molecule has 0 spiro atoms. The summed E-state index contributed by atoms with van der Waals surface area (Å²) in [6.07, 6.45) is 7.08. The van der Waals surface area contributed by atoms with Crippen molar-refractivity contribution in [3.63, 3.8) is 0 Å². The molecule has 8 nitrogen and oxygen atoms in total. The minimum absolute atomic E-state index is 0.204. The third-order valence-electron chi connectivity index (χ3n) is 4.97. The second-order valence-electron chi connectivity index (χ2n) is 6.69. The van der Waals surface area contributed by atoms with Crippen molar-refractivity contribution in [2.45, 2.75) is 25.6 Å². The summed E-state index contributed by atoms with van der Waals surface area (Å²) in [4.78, 5) is 10.9. The van der Waals surface area contributed by atoms with Crippen molar-refractivity contribution in [3.8, 4) is 11.6 Å². The number of methoxy groups -OCH3 is 1. The molecule has 0 radical (unpaired) electrons. The van der Waals surface area contributed by atoms with Crippen molar-refractivity contribution < 1.29 is 9.47 Å². The molecule has 28 heavy (non-hydrogen) atoms. The summed E-state index contributed by atoms with van der Waals surface area (Å²) in [7, 11) is 1.68. The molecular weight excluding hydrogens is 356 g/mol. The number of para-hydroxylation sites is 1. The molecule has 1 fully saturated rings. The van der Waals surface area contributed by atoms with Crippen LogP contribution in [0.1, 0.15) is 18.4 Å². The van der Waals surface area contributed by atoms with E-state index in [1.165, 1.54) is 6.33 Å². The average molecular weight is 380 g/mol. The summed E-state index contributed by atoms with van der Waals surface area (Å²) in [5.74, 6) is 2.22. The van der Waals surface area contributed by atoms with Gasteiger partial charge < -0.3 is 20.1 Å². The van der Waals surface area contributed by atoms with Crippen molar-refractivity contribution >= 4 is 11.5 Å². The molecule has 4 rings (SSSR count). The molecule has 0 unspecified atom stereocenters. The van der Waals surface area contributed by atoms with Crippen LogP contribution in [0.25, 0.3) is 5.82 Å². The number of ether oxygens (including phenoxy) is 2. The van der Waals surface area contributed by atoms with Gasteiger partial charge in [0.05, 0.1) is 19.8 Å². The predicted molar refractivity (Wildman–Crippen MR) is 107 cm³/mol. The van der Waals surface area contributed by atoms with E-state index in [4.69, 9.17) is 15.2 Å². The summed E-state index contributed by atoms with van der Waals surface area (Å²) in [6.45, 7) is 2.21. The van der Waals surface area contributed by atoms with Crippen molar-refractivity contribution in [2.24, 2.45) is 0 Å². The van der Waals surface area contributed by atoms with Gasteiger partial charge in [0.2, 0.25) is 0 Å². The van der Waals surface area contributed by atoms with Crippen LogP contribution in [0.3, 0.4) is 0 Å². The summed E-state index contributed by atoms with van der Waals surface area (Å²) in [6, 6.07) is 9.79. The first-order valence-electron chi connectivity index (χ1n) is 9.35. The molecule has 0 bridgehead atoms. The summed E-state index contributed by atoms with van der Waals surface area (Å²) in [5.41, 5.74) is 7.94. The zero-order chi connectivity index (χ0) is 19.3. The van der Waals surface area contributed by atoms with E-state index in [1.807, 2.05) is 36.5 Å². The first kappa shape index (κ1) is 18.2. The maximum absolute atomic E-state index is 6.33. The van der Waals surface area contributed by atoms with E-state index < -0.39 is 0 Å². The molecule has 1 aliphatic heterocycles. The molecule has 1 aromatic carbocycles. The van der Waals surface area contributed by atoms with Crippen LogP contribution in [0.2, 0.25) is 0 Å². The molecule has 3 aromatic rings. The number of piperidine rings is 1. The molecule has 1 saturated heterocycles. The second kappa shape index (κ2) is 8.26. The number of aromatic nitrogens is 4. The fourth-order valence-corrected chi connectivity index (χ4v) is 3.47. The van der Waals surface area contributed by atoms with Crippen molar-refractivity contribution in [1.29, 1.82) is 0 Å². The fourth-order valence-electron chi connectivity index (χ4n) is 3.47. The quantitative estimate of drug-likeness (QED) is 0.702. The van der Waals surface area contributed by atoms with Gasteiger partial charge in [0.15, 0.2) is 11.6 Å². The molecule has 2 N–H and O–H groups in total. The Kier molecular flexibility index (Phi) is 5.38. The first-order valence-corrected chi connectivity index (χ1v) is 9.35. The zero-order valence-electron chi connectivity index (χ0n) is 15.9. The van der Waals surface area contributed by atoms with Crippen LogP contribution in [0.15, 0.2) is 49.1 Å². The van der Waals surface area contributed by atoms with Gasteiger partial charge in [0, 0.05) is 31.0 Å². The number of rotatable bonds is 6. The number of nitrogens with two attached hydrogens (primary N) is 1. The summed E-state index contributed by atoms with van der Waals surface area (Å²) < 4.78 is 13.2. The largest absolute Gasteiger partial charge is 0.496 e. The van der Waals surface area contributed by atoms with Gasteiger partial charge in [-0.25, -0.2) is 14.6 Å². The number of hydrogen-bond acceptors (Lipinski definition) is 7. The molecule has 0 saturated carbocycles. The van der Waals surface area contributed by atoms with Crippen molar-refractivity contribution in [3.05, 3.63) is 54.6 Å². The van der Waals surface area contributed by atoms with Crippen LogP contribution in [0, 0.1) is 0 Å². The van der Waals surface area contributed by atoms with E-state index in [0.717, 1.165) is 43.1 Å². The van der Waals surface area contributed by atoms with Crippen molar-refractivity contribution in [2.75, 3.05) is 30.8 Å². The minimum atomic E-state index is 0.204. The van der Waals surface area contributed by atoms with E-state index in [-0.39, 0.29) is 6.10 Å². The molecule has 0 amide bonds. The van der Waals surface area contributed by atoms with Gasteiger partial charge in [-0.3, -0.25) is 0 Å². The van der Waals surface area contributed by atoms with Crippen LogP contribution < -0.4 is 15.4 Å². The average Bonchev–Trinajstić information content (AvgIpc) is 3.28. The molecule has 0 atom stereocenters. The second-order valence-corrected chi connectivity index (χ2v) is 6.69. The normalized spacial score (nSPS) is 15.0. The van der Waals surface area contributed by atoms with Crippen molar-refractivity contribution in [1.82, 2.24) is 19.7 Å². The number of anilines is 2. The number of hydrogen-bond donors (Lipinski definition) is 1. The highest BCUT2D eigenvalue weighted by Crippen LogP contribution is 2.28. The SMILES string of the molecule is COc1ccccc1COC1CCN(c2ncnc(-n3cccn3)c2N)CC1. The van der Waals surface area contributed by atoms with Gasteiger partial charge >= 0.3 is 0 Å². The molecule has 3 heterocycles. The van der Waals surface area contributed by atoms with E-state index in [2.05, 4.69) is 20.0 Å². The Morgan fingerprint density at radius 2 is 1.89 bits per heavy atom. The lowest BCUT2D eigenvalue weighted by atomic mass is 10.1.